The Bertz CT molecular complexity index is 644. The van der Waals surface area contributed by atoms with E-state index in [2.05, 4.69) is 5.32 Å². The molecule has 0 atom stereocenters. The van der Waals surface area contributed by atoms with Gasteiger partial charge in [-0.15, -0.1) is 0 Å². The third kappa shape index (κ3) is 8.88. The molecule has 6 nitrogen and oxygen atoms in total. The quantitative estimate of drug-likeness (QED) is 0.607. The van der Waals surface area contributed by atoms with Crippen LogP contribution in [0.3, 0.4) is 0 Å². The summed E-state index contributed by atoms with van der Waals surface area (Å²) >= 11 is 0. The van der Waals surface area contributed by atoms with Crippen molar-refractivity contribution in [2.75, 3.05) is 30.3 Å². The number of anilines is 1. The molecule has 0 heterocycles. The second kappa shape index (κ2) is 10.4. The van der Waals surface area contributed by atoms with E-state index in [9.17, 15) is 13.2 Å². The lowest BCUT2D eigenvalue weighted by atomic mass is 10.2. The Balaban J connectivity index is 2.41. The molecule has 0 aromatic heterocycles. The Morgan fingerprint density at radius 2 is 2.00 bits per heavy atom. The highest BCUT2D eigenvalue weighted by Crippen LogP contribution is 2.19. The van der Waals surface area contributed by atoms with Crippen LogP contribution in [-0.4, -0.2) is 46.4 Å². The summed E-state index contributed by atoms with van der Waals surface area (Å²) in [7, 11) is -3.38. The Kier molecular flexibility index (Phi) is 8.92. The van der Waals surface area contributed by atoms with E-state index in [0.717, 1.165) is 12.0 Å². The number of aryl methyl sites for hydroxylation is 1. The van der Waals surface area contributed by atoms with Gasteiger partial charge < -0.3 is 10.1 Å². The lowest BCUT2D eigenvalue weighted by Crippen LogP contribution is -2.32. The third-order valence-corrected chi connectivity index (χ3v) is 4.74. The largest absolute Gasteiger partial charge is 0.379 e. The second-order valence-corrected chi connectivity index (χ2v) is 8.31. The summed E-state index contributed by atoms with van der Waals surface area (Å²) in [6.07, 6.45) is 2.91. The molecule has 1 rings (SSSR count). The second-order valence-electron chi connectivity index (χ2n) is 6.40. The lowest BCUT2D eigenvalue weighted by Gasteiger charge is -2.22. The van der Waals surface area contributed by atoms with Gasteiger partial charge in [0.2, 0.25) is 15.9 Å². The van der Waals surface area contributed by atoms with Crippen LogP contribution in [-0.2, 0) is 19.6 Å². The fourth-order valence-corrected chi connectivity index (χ4v) is 3.32. The van der Waals surface area contributed by atoms with Crippen molar-refractivity contribution >= 4 is 21.6 Å². The summed E-state index contributed by atoms with van der Waals surface area (Å²) < 4.78 is 30.8. The molecule has 0 saturated carbocycles. The normalized spacial score (nSPS) is 11.6. The average Bonchev–Trinajstić information content (AvgIpc) is 2.49. The van der Waals surface area contributed by atoms with Gasteiger partial charge in [0.05, 0.1) is 18.0 Å². The standard InChI is InChI=1S/C18H30N2O4S/c1-15(2)24-13-7-11-19-18(21)10-6-12-20(25(4,22)23)17-9-5-8-16(3)14-17/h5,8-9,14-15H,6-7,10-13H2,1-4H3,(H,19,21). The van der Waals surface area contributed by atoms with Gasteiger partial charge in [-0.3, -0.25) is 9.10 Å². The van der Waals surface area contributed by atoms with E-state index in [0.29, 0.717) is 31.7 Å². The van der Waals surface area contributed by atoms with Crippen LogP contribution in [0, 0.1) is 6.92 Å². The van der Waals surface area contributed by atoms with Crippen molar-refractivity contribution in [2.24, 2.45) is 0 Å². The summed E-state index contributed by atoms with van der Waals surface area (Å²) in [6.45, 7) is 7.33. The number of hydrogen-bond donors (Lipinski definition) is 1. The molecule has 0 aliphatic rings. The number of sulfonamides is 1. The van der Waals surface area contributed by atoms with Gasteiger partial charge in [-0.1, -0.05) is 12.1 Å². The molecule has 0 unspecified atom stereocenters. The van der Waals surface area contributed by atoms with Crippen molar-refractivity contribution in [3.8, 4) is 0 Å². The maximum Gasteiger partial charge on any atom is 0.232 e. The Morgan fingerprint density at radius 3 is 2.60 bits per heavy atom. The zero-order chi connectivity index (χ0) is 18.9. The number of rotatable bonds is 11. The molecule has 0 fully saturated rings. The third-order valence-electron chi connectivity index (χ3n) is 3.55. The molecule has 0 spiro atoms. The van der Waals surface area contributed by atoms with Crippen molar-refractivity contribution in [3.05, 3.63) is 29.8 Å². The summed E-state index contributed by atoms with van der Waals surface area (Å²) in [4.78, 5) is 11.8. The van der Waals surface area contributed by atoms with Gasteiger partial charge in [0, 0.05) is 26.1 Å². The van der Waals surface area contributed by atoms with Crippen molar-refractivity contribution in [1.82, 2.24) is 5.32 Å². The van der Waals surface area contributed by atoms with Crippen molar-refractivity contribution in [1.29, 1.82) is 0 Å². The first-order chi connectivity index (χ1) is 11.7. The summed E-state index contributed by atoms with van der Waals surface area (Å²) in [5, 5.41) is 2.83. The van der Waals surface area contributed by atoms with Crippen molar-refractivity contribution in [3.63, 3.8) is 0 Å². The van der Waals surface area contributed by atoms with Gasteiger partial charge in [0.15, 0.2) is 0 Å². The Hall–Kier alpha value is -1.60. The lowest BCUT2D eigenvalue weighted by molar-refractivity contribution is -0.121. The van der Waals surface area contributed by atoms with E-state index in [1.165, 1.54) is 10.6 Å². The van der Waals surface area contributed by atoms with E-state index < -0.39 is 10.0 Å². The number of carbonyl (C=O) groups is 1. The molecule has 0 radical (unpaired) electrons. The molecule has 1 N–H and O–H groups in total. The summed E-state index contributed by atoms with van der Waals surface area (Å²) in [6, 6.07) is 7.34. The zero-order valence-corrected chi connectivity index (χ0v) is 16.4. The molecule has 7 heteroatoms. The van der Waals surface area contributed by atoms with Crippen LogP contribution in [0.25, 0.3) is 0 Å². The van der Waals surface area contributed by atoms with E-state index in [1.807, 2.05) is 39.0 Å². The van der Waals surface area contributed by atoms with Crippen LogP contribution in [0.2, 0.25) is 0 Å². The first-order valence-electron chi connectivity index (χ1n) is 8.63. The molecular formula is C18H30N2O4S. The van der Waals surface area contributed by atoms with Crippen LogP contribution in [0.15, 0.2) is 24.3 Å². The molecule has 0 aliphatic carbocycles. The highest BCUT2D eigenvalue weighted by atomic mass is 32.2. The van der Waals surface area contributed by atoms with Crippen LogP contribution in [0.5, 0.6) is 0 Å². The molecule has 1 amide bonds. The molecule has 1 aromatic carbocycles. The smallest absolute Gasteiger partial charge is 0.232 e. The zero-order valence-electron chi connectivity index (χ0n) is 15.6. The highest BCUT2D eigenvalue weighted by molar-refractivity contribution is 7.92. The predicted molar refractivity (Wildman–Crippen MR) is 101 cm³/mol. The first kappa shape index (κ1) is 21.4. The van der Waals surface area contributed by atoms with E-state index >= 15 is 0 Å². The molecule has 25 heavy (non-hydrogen) atoms. The Labute approximate surface area is 151 Å². The van der Waals surface area contributed by atoms with E-state index in [4.69, 9.17) is 4.74 Å². The van der Waals surface area contributed by atoms with Gasteiger partial charge in [-0.05, 0) is 51.3 Å². The monoisotopic (exact) mass is 370 g/mol. The van der Waals surface area contributed by atoms with Crippen LogP contribution >= 0.6 is 0 Å². The van der Waals surface area contributed by atoms with Crippen molar-refractivity contribution < 1.29 is 17.9 Å². The number of nitrogens with zero attached hydrogens (tertiary/aromatic N) is 1. The molecule has 0 bridgehead atoms. The molecular weight excluding hydrogens is 340 g/mol. The van der Waals surface area contributed by atoms with Crippen molar-refractivity contribution in [2.45, 2.75) is 46.1 Å². The van der Waals surface area contributed by atoms with Crippen LogP contribution in [0.4, 0.5) is 5.69 Å². The SMILES string of the molecule is Cc1cccc(N(CCCC(=O)NCCCOC(C)C)S(C)(=O)=O)c1. The minimum atomic E-state index is -3.38. The van der Waals surface area contributed by atoms with Gasteiger partial charge in [-0.2, -0.15) is 0 Å². The Morgan fingerprint density at radius 1 is 1.28 bits per heavy atom. The maximum atomic E-state index is 12.0. The van der Waals surface area contributed by atoms with Gasteiger partial charge in [0.1, 0.15) is 0 Å². The first-order valence-corrected chi connectivity index (χ1v) is 10.5. The topological polar surface area (TPSA) is 75.7 Å². The fourth-order valence-electron chi connectivity index (χ4n) is 2.36. The van der Waals surface area contributed by atoms with Gasteiger partial charge >= 0.3 is 0 Å². The van der Waals surface area contributed by atoms with Gasteiger partial charge in [0.25, 0.3) is 0 Å². The van der Waals surface area contributed by atoms with Crippen LogP contribution in [0.1, 0.15) is 38.7 Å². The number of ether oxygens (including phenoxy) is 1. The summed E-state index contributed by atoms with van der Waals surface area (Å²) in [5.41, 5.74) is 1.63. The number of nitrogens with one attached hydrogen (secondary N) is 1. The van der Waals surface area contributed by atoms with Crippen LogP contribution < -0.4 is 9.62 Å². The molecule has 0 aliphatic heterocycles. The van der Waals surface area contributed by atoms with E-state index in [1.54, 1.807) is 6.07 Å². The highest BCUT2D eigenvalue weighted by Gasteiger charge is 2.17. The minimum Gasteiger partial charge on any atom is -0.379 e. The summed E-state index contributed by atoms with van der Waals surface area (Å²) in [5.74, 6) is -0.0674. The van der Waals surface area contributed by atoms with Gasteiger partial charge in [-0.25, -0.2) is 8.42 Å². The molecule has 142 valence electrons. The molecule has 1 aromatic rings. The maximum absolute atomic E-state index is 12.0. The minimum absolute atomic E-state index is 0.0674. The fraction of sp³-hybridized carbons (Fsp3) is 0.611. The molecule has 0 saturated heterocycles. The number of benzene rings is 1. The van der Waals surface area contributed by atoms with E-state index in [-0.39, 0.29) is 18.6 Å². The average molecular weight is 371 g/mol. The predicted octanol–water partition coefficient (Wildman–Crippen LogP) is 2.47. The number of hydrogen-bond acceptors (Lipinski definition) is 4. The number of amides is 1. The number of carbonyl (C=O) groups excluding carboxylic acids is 1.